The molecule has 5 heteroatoms. The summed E-state index contributed by atoms with van der Waals surface area (Å²) in [5, 5.41) is 16.4. The summed E-state index contributed by atoms with van der Waals surface area (Å²) < 4.78 is 7.54. The van der Waals surface area contributed by atoms with Crippen molar-refractivity contribution in [2.45, 2.75) is 39.5 Å². The van der Waals surface area contributed by atoms with E-state index in [9.17, 15) is 0 Å². The molecule has 0 saturated carbocycles. The average molecular weight is 289 g/mol. The lowest BCUT2D eigenvalue weighted by molar-refractivity contribution is 0.217. The summed E-state index contributed by atoms with van der Waals surface area (Å²) in [6.07, 6.45) is 4.95. The normalized spacial score (nSPS) is 12.1. The molecule has 0 fully saturated rings. The van der Waals surface area contributed by atoms with Crippen molar-refractivity contribution in [3.8, 4) is 5.75 Å². The molecule has 1 aromatic carbocycles. The highest BCUT2D eigenvalue weighted by molar-refractivity contribution is 5.48. The molecule has 0 spiro atoms. The van der Waals surface area contributed by atoms with Gasteiger partial charge in [0.25, 0.3) is 0 Å². The van der Waals surface area contributed by atoms with Crippen LogP contribution in [-0.4, -0.2) is 27.6 Å². The molecule has 0 saturated heterocycles. The summed E-state index contributed by atoms with van der Waals surface area (Å²) in [5.74, 6) is 0.880. The Bertz CT molecular complexity index is 554. The average Bonchev–Trinajstić information content (AvgIpc) is 2.93. The molecule has 0 aliphatic heterocycles. The molecule has 1 atom stereocenters. The van der Waals surface area contributed by atoms with Crippen LogP contribution in [0.2, 0.25) is 0 Å². The monoisotopic (exact) mass is 289 g/mol. The minimum absolute atomic E-state index is 0.101. The highest BCUT2D eigenvalue weighted by atomic mass is 16.5. The first-order chi connectivity index (χ1) is 10.2. The van der Waals surface area contributed by atoms with Crippen LogP contribution in [0.1, 0.15) is 25.8 Å². The summed E-state index contributed by atoms with van der Waals surface area (Å²) in [6, 6.07) is 7.97. The maximum atomic E-state index is 8.87. The van der Waals surface area contributed by atoms with E-state index < -0.39 is 0 Å². The predicted octanol–water partition coefficient (Wildman–Crippen LogP) is 2.66. The molecule has 1 aromatic heterocycles. The van der Waals surface area contributed by atoms with Crippen molar-refractivity contribution in [2.24, 2.45) is 0 Å². The third-order valence-corrected chi connectivity index (χ3v) is 3.26. The minimum atomic E-state index is 0.101. The number of aromatic nitrogens is 2. The number of nitrogens with one attached hydrogen (secondary N) is 1. The van der Waals surface area contributed by atoms with Crippen molar-refractivity contribution < 1.29 is 9.84 Å². The summed E-state index contributed by atoms with van der Waals surface area (Å²) in [7, 11) is 0. The maximum absolute atomic E-state index is 8.87. The molecule has 0 aliphatic carbocycles. The summed E-state index contributed by atoms with van der Waals surface area (Å²) >= 11 is 0. The van der Waals surface area contributed by atoms with Crippen molar-refractivity contribution in [1.29, 1.82) is 0 Å². The van der Waals surface area contributed by atoms with E-state index in [-0.39, 0.29) is 12.7 Å². The van der Waals surface area contributed by atoms with E-state index in [1.165, 1.54) is 0 Å². The van der Waals surface area contributed by atoms with Gasteiger partial charge in [0.1, 0.15) is 5.75 Å². The van der Waals surface area contributed by atoms with E-state index in [4.69, 9.17) is 9.84 Å². The lowest BCUT2D eigenvalue weighted by Crippen LogP contribution is -2.09. The second-order valence-electron chi connectivity index (χ2n) is 5.05. The van der Waals surface area contributed by atoms with Crippen LogP contribution in [-0.2, 0) is 13.1 Å². The second kappa shape index (κ2) is 7.69. The van der Waals surface area contributed by atoms with Gasteiger partial charge in [-0.15, -0.1) is 0 Å². The van der Waals surface area contributed by atoms with Crippen molar-refractivity contribution in [3.63, 3.8) is 0 Å². The third-order valence-electron chi connectivity index (χ3n) is 3.26. The number of aliphatic hydroxyl groups is 1. The van der Waals surface area contributed by atoms with E-state index in [0.717, 1.165) is 23.4 Å². The molecule has 21 heavy (non-hydrogen) atoms. The molecule has 5 nitrogen and oxygen atoms in total. The Morgan fingerprint density at radius 1 is 1.43 bits per heavy atom. The van der Waals surface area contributed by atoms with E-state index in [1.807, 2.05) is 36.7 Å². The van der Waals surface area contributed by atoms with Crippen LogP contribution in [0.4, 0.5) is 5.69 Å². The SMILES string of the molecule is CCC(C)Oc1cccc(NCc2cnn(CCO)c2)c1. The minimum Gasteiger partial charge on any atom is -0.491 e. The van der Waals surface area contributed by atoms with Gasteiger partial charge in [-0.25, -0.2) is 0 Å². The standard InChI is InChI=1S/C16H23N3O2/c1-3-13(2)21-16-6-4-5-15(9-16)17-10-14-11-18-19(12-14)7-8-20/h4-6,9,11-13,17,20H,3,7-8,10H2,1-2H3. The Morgan fingerprint density at radius 2 is 2.29 bits per heavy atom. The van der Waals surface area contributed by atoms with Gasteiger partial charge in [0.05, 0.1) is 25.5 Å². The summed E-state index contributed by atoms with van der Waals surface area (Å²) in [5.41, 5.74) is 2.10. The fourth-order valence-electron chi connectivity index (χ4n) is 1.92. The molecule has 2 N–H and O–H groups in total. The van der Waals surface area contributed by atoms with Crippen LogP contribution in [0.25, 0.3) is 0 Å². The zero-order valence-corrected chi connectivity index (χ0v) is 12.6. The number of rotatable bonds is 8. The number of benzene rings is 1. The van der Waals surface area contributed by atoms with E-state index in [1.54, 1.807) is 4.68 Å². The Hall–Kier alpha value is -2.01. The van der Waals surface area contributed by atoms with E-state index in [2.05, 4.69) is 24.3 Å². The summed E-state index contributed by atoms with van der Waals surface area (Å²) in [4.78, 5) is 0. The van der Waals surface area contributed by atoms with Gasteiger partial charge in [-0.1, -0.05) is 13.0 Å². The molecule has 0 bridgehead atoms. The van der Waals surface area contributed by atoms with Crippen LogP contribution < -0.4 is 10.1 Å². The molecule has 2 rings (SSSR count). The van der Waals surface area contributed by atoms with Gasteiger partial charge in [0.15, 0.2) is 0 Å². The van der Waals surface area contributed by atoms with E-state index in [0.29, 0.717) is 13.1 Å². The van der Waals surface area contributed by atoms with Gasteiger partial charge in [-0.3, -0.25) is 4.68 Å². The van der Waals surface area contributed by atoms with Crippen LogP contribution >= 0.6 is 0 Å². The smallest absolute Gasteiger partial charge is 0.121 e. The van der Waals surface area contributed by atoms with Gasteiger partial charge in [-0.2, -0.15) is 5.10 Å². The van der Waals surface area contributed by atoms with Crippen LogP contribution in [0.15, 0.2) is 36.7 Å². The zero-order chi connectivity index (χ0) is 15.1. The van der Waals surface area contributed by atoms with Gasteiger partial charge in [-0.05, 0) is 25.5 Å². The first-order valence-electron chi connectivity index (χ1n) is 7.34. The second-order valence-corrected chi connectivity index (χ2v) is 5.05. The van der Waals surface area contributed by atoms with Crippen LogP contribution in [0.5, 0.6) is 5.75 Å². The quantitative estimate of drug-likeness (QED) is 0.784. The first-order valence-corrected chi connectivity index (χ1v) is 7.34. The lowest BCUT2D eigenvalue weighted by Gasteiger charge is -2.13. The van der Waals surface area contributed by atoms with Crippen LogP contribution in [0, 0.1) is 0 Å². The Morgan fingerprint density at radius 3 is 3.05 bits per heavy atom. The Kier molecular flexibility index (Phi) is 5.63. The zero-order valence-electron chi connectivity index (χ0n) is 12.6. The third kappa shape index (κ3) is 4.79. The molecule has 1 heterocycles. The number of anilines is 1. The van der Waals surface area contributed by atoms with Gasteiger partial charge >= 0.3 is 0 Å². The van der Waals surface area contributed by atoms with Crippen molar-refractivity contribution in [2.75, 3.05) is 11.9 Å². The molecular formula is C16H23N3O2. The van der Waals surface area contributed by atoms with Crippen molar-refractivity contribution >= 4 is 5.69 Å². The van der Waals surface area contributed by atoms with Crippen LogP contribution in [0.3, 0.4) is 0 Å². The largest absolute Gasteiger partial charge is 0.491 e. The number of hydrogen-bond donors (Lipinski definition) is 2. The number of nitrogens with zero attached hydrogens (tertiary/aromatic N) is 2. The molecular weight excluding hydrogens is 266 g/mol. The maximum Gasteiger partial charge on any atom is 0.121 e. The highest BCUT2D eigenvalue weighted by Crippen LogP contribution is 2.19. The number of ether oxygens (including phenoxy) is 1. The Labute approximate surface area is 125 Å². The number of hydrogen-bond acceptors (Lipinski definition) is 4. The molecule has 0 radical (unpaired) electrons. The van der Waals surface area contributed by atoms with Crippen molar-refractivity contribution in [3.05, 3.63) is 42.2 Å². The molecule has 0 amide bonds. The molecule has 1 unspecified atom stereocenters. The summed E-state index contributed by atoms with van der Waals surface area (Å²) in [6.45, 7) is 5.49. The topological polar surface area (TPSA) is 59.3 Å². The fraction of sp³-hybridized carbons (Fsp3) is 0.438. The van der Waals surface area contributed by atoms with E-state index >= 15 is 0 Å². The van der Waals surface area contributed by atoms with Gasteiger partial charge in [0.2, 0.25) is 0 Å². The Balaban J connectivity index is 1.91. The fourth-order valence-corrected chi connectivity index (χ4v) is 1.92. The molecule has 0 aliphatic rings. The van der Waals surface area contributed by atoms with Gasteiger partial charge < -0.3 is 15.2 Å². The van der Waals surface area contributed by atoms with Crippen molar-refractivity contribution in [1.82, 2.24) is 9.78 Å². The molecule has 114 valence electrons. The highest BCUT2D eigenvalue weighted by Gasteiger charge is 2.03. The first kappa shape index (κ1) is 15.4. The number of aliphatic hydroxyl groups excluding tert-OH is 1. The van der Waals surface area contributed by atoms with Gasteiger partial charge in [0, 0.05) is 30.1 Å². The molecule has 2 aromatic rings. The lowest BCUT2D eigenvalue weighted by atomic mass is 10.2. The predicted molar refractivity (Wildman–Crippen MR) is 83.5 cm³/mol.